The van der Waals surface area contributed by atoms with Gasteiger partial charge in [-0.3, -0.25) is 0 Å². The van der Waals surface area contributed by atoms with Crippen molar-refractivity contribution >= 4 is 0 Å². The summed E-state index contributed by atoms with van der Waals surface area (Å²) in [5, 5.41) is 3.56. The summed E-state index contributed by atoms with van der Waals surface area (Å²) in [5.74, 6) is 0.808. The minimum atomic E-state index is 0.558. The fourth-order valence-corrected chi connectivity index (χ4v) is 3.23. The maximum atomic E-state index is 3.56. The third kappa shape index (κ3) is 2.50. The molecule has 0 aliphatic heterocycles. The van der Waals surface area contributed by atoms with E-state index < -0.39 is 0 Å². The van der Waals surface area contributed by atoms with Gasteiger partial charge in [-0.25, -0.2) is 0 Å². The maximum absolute atomic E-state index is 3.56. The molecule has 1 heteroatoms. The lowest BCUT2D eigenvalue weighted by molar-refractivity contribution is 0.112. The largest absolute Gasteiger partial charge is 0.316 e. The van der Waals surface area contributed by atoms with Crippen LogP contribution in [0.15, 0.2) is 0 Å². The highest BCUT2D eigenvalue weighted by Crippen LogP contribution is 2.41. The lowest BCUT2D eigenvalue weighted by Gasteiger charge is -2.43. The highest BCUT2D eigenvalue weighted by molar-refractivity contribution is 4.91. The van der Waals surface area contributed by atoms with E-state index in [1.807, 2.05) is 0 Å². The molecule has 1 aliphatic rings. The van der Waals surface area contributed by atoms with Gasteiger partial charge in [0.2, 0.25) is 0 Å². The molecule has 2 unspecified atom stereocenters. The minimum Gasteiger partial charge on any atom is -0.316 e. The van der Waals surface area contributed by atoms with Crippen molar-refractivity contribution in [1.29, 1.82) is 0 Å². The highest BCUT2D eigenvalue weighted by Gasteiger charge is 2.36. The fourth-order valence-electron chi connectivity index (χ4n) is 3.23. The highest BCUT2D eigenvalue weighted by atomic mass is 14.9. The van der Waals surface area contributed by atoms with E-state index in [1.54, 1.807) is 0 Å². The molecule has 0 aromatic heterocycles. The van der Waals surface area contributed by atoms with Crippen LogP contribution < -0.4 is 5.32 Å². The molecule has 0 amide bonds. The maximum Gasteiger partial charge on any atom is 0.0143 e. The zero-order valence-corrected chi connectivity index (χ0v) is 10.4. The predicted octanol–water partition coefficient (Wildman–Crippen LogP) is 3.59. The van der Waals surface area contributed by atoms with Crippen LogP contribution in [0.2, 0.25) is 0 Å². The SMILES string of the molecule is CCC(C)C(NC)C1(C)CCCCC1. The van der Waals surface area contributed by atoms with Crippen molar-refractivity contribution in [3.8, 4) is 0 Å². The normalized spacial score (nSPS) is 25.7. The average molecular weight is 197 g/mol. The molecule has 0 spiro atoms. The van der Waals surface area contributed by atoms with E-state index in [9.17, 15) is 0 Å². The first-order valence-electron chi connectivity index (χ1n) is 6.31. The van der Waals surface area contributed by atoms with Gasteiger partial charge in [0.05, 0.1) is 0 Å². The van der Waals surface area contributed by atoms with Crippen molar-refractivity contribution in [3.63, 3.8) is 0 Å². The van der Waals surface area contributed by atoms with Crippen LogP contribution in [-0.4, -0.2) is 13.1 Å². The van der Waals surface area contributed by atoms with E-state index in [1.165, 1.54) is 38.5 Å². The summed E-state index contributed by atoms with van der Waals surface area (Å²) >= 11 is 0. The van der Waals surface area contributed by atoms with Crippen molar-refractivity contribution in [3.05, 3.63) is 0 Å². The van der Waals surface area contributed by atoms with Crippen molar-refractivity contribution in [2.45, 2.75) is 65.3 Å². The molecule has 0 radical (unpaired) electrons. The standard InChI is InChI=1S/C13H27N/c1-5-11(2)12(14-4)13(3)9-7-6-8-10-13/h11-12,14H,5-10H2,1-4H3. The monoisotopic (exact) mass is 197 g/mol. The number of nitrogens with one attached hydrogen (secondary N) is 1. The Balaban J connectivity index is 2.65. The van der Waals surface area contributed by atoms with E-state index in [2.05, 4.69) is 33.1 Å². The minimum absolute atomic E-state index is 0.558. The van der Waals surface area contributed by atoms with Gasteiger partial charge in [-0.15, -0.1) is 0 Å². The Labute approximate surface area is 89.7 Å². The molecule has 0 bridgehead atoms. The summed E-state index contributed by atoms with van der Waals surface area (Å²) in [6, 6.07) is 0.716. The van der Waals surface area contributed by atoms with Crippen LogP contribution >= 0.6 is 0 Å². The van der Waals surface area contributed by atoms with Gasteiger partial charge in [0, 0.05) is 6.04 Å². The molecule has 1 nitrogen and oxygen atoms in total. The third-order valence-electron chi connectivity index (χ3n) is 4.27. The Morgan fingerprint density at radius 2 is 1.79 bits per heavy atom. The van der Waals surface area contributed by atoms with Crippen molar-refractivity contribution in [2.75, 3.05) is 7.05 Å². The van der Waals surface area contributed by atoms with Crippen LogP contribution in [0.5, 0.6) is 0 Å². The van der Waals surface area contributed by atoms with Crippen LogP contribution in [0.25, 0.3) is 0 Å². The Morgan fingerprint density at radius 3 is 2.21 bits per heavy atom. The van der Waals surface area contributed by atoms with Gasteiger partial charge in [0.15, 0.2) is 0 Å². The molecule has 1 N–H and O–H groups in total. The van der Waals surface area contributed by atoms with E-state index in [4.69, 9.17) is 0 Å². The molecule has 0 aromatic rings. The molecule has 1 fully saturated rings. The van der Waals surface area contributed by atoms with Crippen molar-refractivity contribution in [1.82, 2.24) is 5.32 Å². The van der Waals surface area contributed by atoms with Crippen molar-refractivity contribution in [2.24, 2.45) is 11.3 Å². The van der Waals surface area contributed by atoms with Gasteiger partial charge in [0.25, 0.3) is 0 Å². The van der Waals surface area contributed by atoms with Crippen LogP contribution in [0.1, 0.15) is 59.3 Å². The van der Waals surface area contributed by atoms with E-state index in [0.717, 1.165) is 5.92 Å². The lowest BCUT2D eigenvalue weighted by atomic mass is 9.67. The molecule has 0 aromatic carbocycles. The van der Waals surface area contributed by atoms with E-state index >= 15 is 0 Å². The van der Waals surface area contributed by atoms with E-state index in [-0.39, 0.29) is 0 Å². The van der Waals surface area contributed by atoms with Gasteiger partial charge >= 0.3 is 0 Å². The van der Waals surface area contributed by atoms with Gasteiger partial charge in [-0.05, 0) is 31.2 Å². The molecular formula is C13H27N. The first-order valence-corrected chi connectivity index (χ1v) is 6.31. The summed E-state index contributed by atoms with van der Waals surface area (Å²) in [6.45, 7) is 7.18. The summed E-state index contributed by atoms with van der Waals surface area (Å²) in [6.07, 6.45) is 8.45. The van der Waals surface area contributed by atoms with Gasteiger partial charge in [0.1, 0.15) is 0 Å². The van der Waals surface area contributed by atoms with Crippen LogP contribution in [0, 0.1) is 11.3 Å². The molecule has 0 heterocycles. The molecule has 1 rings (SSSR count). The topological polar surface area (TPSA) is 12.0 Å². The first kappa shape index (κ1) is 12.0. The summed E-state index contributed by atoms with van der Waals surface area (Å²) < 4.78 is 0. The smallest absolute Gasteiger partial charge is 0.0143 e. The Kier molecular flexibility index (Phi) is 4.43. The molecule has 0 saturated heterocycles. The molecule has 14 heavy (non-hydrogen) atoms. The summed E-state index contributed by atoms with van der Waals surface area (Å²) in [4.78, 5) is 0. The molecule has 2 atom stereocenters. The second-order valence-corrected chi connectivity index (χ2v) is 5.37. The van der Waals surface area contributed by atoms with Crippen molar-refractivity contribution < 1.29 is 0 Å². The first-order chi connectivity index (χ1) is 6.64. The second-order valence-electron chi connectivity index (χ2n) is 5.37. The van der Waals surface area contributed by atoms with E-state index in [0.29, 0.717) is 11.5 Å². The van der Waals surface area contributed by atoms with Gasteiger partial charge in [-0.1, -0.05) is 46.5 Å². The van der Waals surface area contributed by atoms with Crippen LogP contribution in [-0.2, 0) is 0 Å². The number of hydrogen-bond donors (Lipinski definition) is 1. The Bertz CT molecular complexity index is 159. The summed E-state index contributed by atoms with van der Waals surface area (Å²) in [5.41, 5.74) is 0.558. The third-order valence-corrected chi connectivity index (χ3v) is 4.27. The number of hydrogen-bond acceptors (Lipinski definition) is 1. The second kappa shape index (κ2) is 5.16. The Hall–Kier alpha value is -0.0400. The van der Waals surface area contributed by atoms with Gasteiger partial charge in [-0.2, -0.15) is 0 Å². The molecular weight excluding hydrogens is 170 g/mol. The molecule has 1 aliphatic carbocycles. The molecule has 1 saturated carbocycles. The zero-order valence-electron chi connectivity index (χ0n) is 10.4. The van der Waals surface area contributed by atoms with Crippen LogP contribution in [0.4, 0.5) is 0 Å². The fraction of sp³-hybridized carbons (Fsp3) is 1.00. The quantitative estimate of drug-likeness (QED) is 0.726. The van der Waals surface area contributed by atoms with Crippen LogP contribution in [0.3, 0.4) is 0 Å². The van der Waals surface area contributed by atoms with Gasteiger partial charge < -0.3 is 5.32 Å². The predicted molar refractivity (Wildman–Crippen MR) is 63.5 cm³/mol. The Morgan fingerprint density at radius 1 is 1.21 bits per heavy atom. The summed E-state index contributed by atoms with van der Waals surface area (Å²) in [7, 11) is 2.14. The number of rotatable bonds is 4. The lowest BCUT2D eigenvalue weighted by Crippen LogP contribution is -2.47. The zero-order chi connectivity index (χ0) is 10.6. The molecule has 84 valence electrons. The average Bonchev–Trinajstić information content (AvgIpc) is 2.19.